The number of amides is 1. The fourth-order valence-electron chi connectivity index (χ4n) is 2.93. The maximum Gasteiger partial charge on any atom is 0.258 e. The molecule has 3 aromatic rings. The number of thiazole rings is 1. The summed E-state index contributed by atoms with van der Waals surface area (Å²) in [6.07, 6.45) is 1.52. The number of fused-ring (bicyclic) bond motifs is 1. The minimum atomic E-state index is -3.56. The molecular formula is C20H22IN3O3S2. The second kappa shape index (κ2) is 9.50. The van der Waals surface area contributed by atoms with Crippen molar-refractivity contribution in [1.29, 1.82) is 0 Å². The van der Waals surface area contributed by atoms with Gasteiger partial charge in [0, 0.05) is 16.7 Å². The van der Waals surface area contributed by atoms with Gasteiger partial charge in [-0.1, -0.05) is 37.3 Å². The number of aromatic nitrogens is 1. The molecule has 0 aliphatic rings. The molecule has 29 heavy (non-hydrogen) atoms. The Hall–Kier alpha value is -1.56. The predicted octanol–water partition coefficient (Wildman–Crippen LogP) is 4.96. The Morgan fingerprint density at radius 1 is 1.14 bits per heavy atom. The van der Waals surface area contributed by atoms with Gasteiger partial charge < -0.3 is 0 Å². The molecule has 0 fully saturated rings. The molecule has 0 bridgehead atoms. The van der Waals surface area contributed by atoms with Gasteiger partial charge in [-0.25, -0.2) is 13.4 Å². The van der Waals surface area contributed by atoms with Crippen LogP contribution in [0.15, 0.2) is 47.4 Å². The van der Waals surface area contributed by atoms with E-state index in [1.165, 1.54) is 15.6 Å². The molecule has 0 aliphatic heterocycles. The van der Waals surface area contributed by atoms with Crippen molar-refractivity contribution in [3.63, 3.8) is 0 Å². The summed E-state index contributed by atoms with van der Waals surface area (Å²) >= 11 is 3.38. The van der Waals surface area contributed by atoms with E-state index in [-0.39, 0.29) is 10.8 Å². The molecule has 3 rings (SSSR count). The summed E-state index contributed by atoms with van der Waals surface area (Å²) in [5, 5.41) is 3.26. The fourth-order valence-corrected chi connectivity index (χ4v) is 6.19. The van der Waals surface area contributed by atoms with Crippen LogP contribution in [-0.2, 0) is 10.0 Å². The summed E-state index contributed by atoms with van der Waals surface area (Å²) in [4.78, 5) is 17.2. The molecule has 0 saturated heterocycles. The Morgan fingerprint density at radius 3 is 2.48 bits per heavy atom. The van der Waals surface area contributed by atoms with Crippen LogP contribution in [0, 0.1) is 3.57 Å². The molecule has 0 saturated carbocycles. The molecular weight excluding hydrogens is 521 g/mol. The molecule has 9 heteroatoms. The van der Waals surface area contributed by atoms with Crippen LogP contribution in [0.3, 0.4) is 0 Å². The third-order valence-electron chi connectivity index (χ3n) is 4.28. The van der Waals surface area contributed by atoms with E-state index in [9.17, 15) is 13.2 Å². The minimum Gasteiger partial charge on any atom is -0.298 e. The van der Waals surface area contributed by atoms with Crippen molar-refractivity contribution in [3.05, 3.63) is 51.6 Å². The summed E-state index contributed by atoms with van der Waals surface area (Å²) in [5.74, 6) is -0.237. The molecule has 1 aromatic heterocycles. The van der Waals surface area contributed by atoms with E-state index >= 15 is 0 Å². The summed E-state index contributed by atoms with van der Waals surface area (Å²) < 4.78 is 29.1. The van der Waals surface area contributed by atoms with Crippen LogP contribution in [0.25, 0.3) is 10.2 Å². The van der Waals surface area contributed by atoms with Gasteiger partial charge in [0.05, 0.1) is 20.7 Å². The summed E-state index contributed by atoms with van der Waals surface area (Å²) in [6.45, 7) is 4.92. The number of carbonyl (C=O) groups excluding carboxylic acids is 1. The van der Waals surface area contributed by atoms with E-state index in [1.807, 2.05) is 32.0 Å². The number of rotatable bonds is 8. The molecule has 6 nitrogen and oxygen atoms in total. The highest BCUT2D eigenvalue weighted by Crippen LogP contribution is 2.30. The maximum absolute atomic E-state index is 13.0. The van der Waals surface area contributed by atoms with Crippen LogP contribution in [0.4, 0.5) is 5.13 Å². The number of halogens is 1. The fraction of sp³-hybridized carbons (Fsp3) is 0.300. The van der Waals surface area contributed by atoms with E-state index in [1.54, 1.807) is 24.3 Å². The first kappa shape index (κ1) is 22.1. The minimum absolute atomic E-state index is 0.237. The lowest BCUT2D eigenvalue weighted by Crippen LogP contribution is -2.32. The van der Waals surface area contributed by atoms with Gasteiger partial charge in [0.1, 0.15) is 0 Å². The van der Waals surface area contributed by atoms with E-state index in [4.69, 9.17) is 0 Å². The zero-order valence-corrected chi connectivity index (χ0v) is 20.0. The zero-order valence-electron chi connectivity index (χ0n) is 16.2. The number of hydrogen-bond donors (Lipinski definition) is 1. The number of sulfonamides is 1. The lowest BCUT2D eigenvalue weighted by molar-refractivity contribution is 0.102. The lowest BCUT2D eigenvalue weighted by Gasteiger charge is -2.20. The smallest absolute Gasteiger partial charge is 0.258 e. The standard InChI is InChI=1S/C20H22IN3O3S2/c1-3-11-24(12-4-2)29(26,27)14-9-10-17-18(13-14)28-20(22-17)23-19(25)15-7-5-6-8-16(15)21/h5-10,13H,3-4,11-12H2,1-2H3,(H,22,23,25). The van der Waals surface area contributed by atoms with Gasteiger partial charge in [-0.05, 0) is 65.8 Å². The average Bonchev–Trinajstić information content (AvgIpc) is 3.09. The average molecular weight is 543 g/mol. The molecule has 0 aliphatic carbocycles. The highest BCUT2D eigenvalue weighted by Gasteiger charge is 2.24. The van der Waals surface area contributed by atoms with Crippen LogP contribution in [0.1, 0.15) is 37.0 Å². The second-order valence-electron chi connectivity index (χ2n) is 6.49. The van der Waals surface area contributed by atoms with Crippen molar-refractivity contribution in [3.8, 4) is 0 Å². The van der Waals surface area contributed by atoms with E-state index in [0.717, 1.165) is 21.1 Å². The Bertz CT molecular complexity index is 1120. The molecule has 0 spiro atoms. The molecule has 1 heterocycles. The van der Waals surface area contributed by atoms with Gasteiger partial charge >= 0.3 is 0 Å². The highest BCUT2D eigenvalue weighted by atomic mass is 127. The van der Waals surface area contributed by atoms with Crippen LogP contribution in [0.2, 0.25) is 0 Å². The Kier molecular flexibility index (Phi) is 7.25. The summed E-state index contributed by atoms with van der Waals surface area (Å²) in [5.41, 5.74) is 1.23. The number of anilines is 1. The zero-order chi connectivity index (χ0) is 21.0. The predicted molar refractivity (Wildman–Crippen MR) is 126 cm³/mol. The highest BCUT2D eigenvalue weighted by molar-refractivity contribution is 14.1. The van der Waals surface area contributed by atoms with E-state index in [2.05, 4.69) is 32.9 Å². The first-order valence-corrected chi connectivity index (χ1v) is 12.7. The third-order valence-corrected chi connectivity index (χ3v) is 8.05. The van der Waals surface area contributed by atoms with Crippen molar-refractivity contribution < 1.29 is 13.2 Å². The first-order valence-electron chi connectivity index (χ1n) is 9.33. The Labute approximate surface area is 188 Å². The van der Waals surface area contributed by atoms with Crippen molar-refractivity contribution in [2.75, 3.05) is 18.4 Å². The lowest BCUT2D eigenvalue weighted by atomic mass is 10.2. The third kappa shape index (κ3) is 4.96. The van der Waals surface area contributed by atoms with E-state index < -0.39 is 10.0 Å². The molecule has 0 unspecified atom stereocenters. The Balaban J connectivity index is 1.88. The van der Waals surface area contributed by atoms with Crippen molar-refractivity contribution in [2.24, 2.45) is 0 Å². The number of nitrogens with zero attached hydrogens (tertiary/aromatic N) is 2. The van der Waals surface area contributed by atoms with Gasteiger partial charge in [0.15, 0.2) is 5.13 Å². The van der Waals surface area contributed by atoms with Crippen LogP contribution < -0.4 is 5.32 Å². The summed E-state index contributed by atoms with van der Waals surface area (Å²) in [6, 6.07) is 12.2. The number of benzene rings is 2. The first-order chi connectivity index (χ1) is 13.9. The SMILES string of the molecule is CCCN(CCC)S(=O)(=O)c1ccc2nc(NC(=O)c3ccccc3I)sc2c1. The van der Waals surface area contributed by atoms with Gasteiger partial charge in [0.2, 0.25) is 10.0 Å². The molecule has 0 atom stereocenters. The van der Waals surface area contributed by atoms with Crippen molar-refractivity contribution >= 4 is 65.2 Å². The molecule has 2 aromatic carbocycles. The molecule has 0 radical (unpaired) electrons. The normalized spacial score (nSPS) is 11.9. The summed E-state index contributed by atoms with van der Waals surface area (Å²) in [7, 11) is -3.56. The quantitative estimate of drug-likeness (QED) is 0.408. The number of nitrogens with one attached hydrogen (secondary N) is 1. The molecule has 1 amide bonds. The van der Waals surface area contributed by atoms with Crippen molar-refractivity contribution in [1.82, 2.24) is 9.29 Å². The largest absolute Gasteiger partial charge is 0.298 e. The molecule has 154 valence electrons. The molecule has 1 N–H and O–H groups in total. The van der Waals surface area contributed by atoms with Crippen molar-refractivity contribution in [2.45, 2.75) is 31.6 Å². The second-order valence-corrected chi connectivity index (χ2v) is 10.6. The van der Waals surface area contributed by atoms with Gasteiger partial charge in [-0.15, -0.1) is 0 Å². The van der Waals surface area contributed by atoms with Crippen LogP contribution in [-0.4, -0.2) is 36.7 Å². The van der Waals surface area contributed by atoms with Crippen LogP contribution >= 0.6 is 33.9 Å². The van der Waals surface area contributed by atoms with Gasteiger partial charge in [-0.2, -0.15) is 4.31 Å². The Morgan fingerprint density at radius 2 is 1.83 bits per heavy atom. The van der Waals surface area contributed by atoms with Gasteiger partial charge in [-0.3, -0.25) is 10.1 Å². The van der Waals surface area contributed by atoms with Crippen LogP contribution in [0.5, 0.6) is 0 Å². The monoisotopic (exact) mass is 543 g/mol. The van der Waals surface area contributed by atoms with Gasteiger partial charge in [0.25, 0.3) is 5.91 Å². The van der Waals surface area contributed by atoms with E-state index in [0.29, 0.717) is 29.3 Å². The number of hydrogen-bond acceptors (Lipinski definition) is 5. The topological polar surface area (TPSA) is 79.4 Å². The maximum atomic E-state index is 13.0. The number of carbonyl (C=O) groups is 1.